The van der Waals surface area contributed by atoms with Crippen molar-refractivity contribution >= 4 is 10.0 Å². The van der Waals surface area contributed by atoms with Gasteiger partial charge in [0.25, 0.3) is 0 Å². The summed E-state index contributed by atoms with van der Waals surface area (Å²) < 4.78 is 27.6. The van der Waals surface area contributed by atoms with Crippen molar-refractivity contribution in [2.24, 2.45) is 5.92 Å². The number of aryl methyl sites for hydroxylation is 1. The van der Waals surface area contributed by atoms with E-state index in [9.17, 15) is 8.42 Å². The van der Waals surface area contributed by atoms with Crippen LogP contribution in [0.3, 0.4) is 0 Å². The van der Waals surface area contributed by atoms with Crippen LogP contribution >= 0.6 is 0 Å². The zero-order chi connectivity index (χ0) is 16.0. The molecule has 1 aromatic carbocycles. The van der Waals surface area contributed by atoms with Gasteiger partial charge in [-0.2, -0.15) is 0 Å². The number of hydrogen-bond acceptors (Lipinski definition) is 3. The minimum absolute atomic E-state index is 0.0616. The average Bonchev–Trinajstić information content (AvgIpc) is 2.35. The van der Waals surface area contributed by atoms with Gasteiger partial charge < -0.3 is 5.32 Å². The summed E-state index contributed by atoms with van der Waals surface area (Å²) in [5.74, 6) is 0.463. The normalized spacial score (nSPS) is 13.6. The van der Waals surface area contributed by atoms with Crippen LogP contribution in [-0.2, 0) is 16.6 Å². The van der Waals surface area contributed by atoms with Crippen LogP contribution in [0.2, 0.25) is 0 Å². The maximum Gasteiger partial charge on any atom is 0.240 e. The molecule has 0 saturated heterocycles. The molecule has 5 heteroatoms. The van der Waals surface area contributed by atoms with Crippen molar-refractivity contribution in [1.82, 2.24) is 10.0 Å². The summed E-state index contributed by atoms with van der Waals surface area (Å²) in [6.45, 7) is 11.7. The molecule has 2 N–H and O–H groups in total. The SMILES string of the molecule is CCNCc1cc(S(=O)(=O)NC(C)CC(C)C)ccc1C. The van der Waals surface area contributed by atoms with E-state index in [1.807, 2.05) is 26.8 Å². The second kappa shape index (κ2) is 7.92. The number of rotatable bonds is 8. The van der Waals surface area contributed by atoms with Crippen LogP contribution in [-0.4, -0.2) is 21.0 Å². The van der Waals surface area contributed by atoms with Crippen LogP contribution in [0.4, 0.5) is 0 Å². The standard InChI is InChI=1S/C16H28N2O2S/c1-6-17-11-15-10-16(8-7-13(15)4)21(19,20)18-14(5)9-12(2)3/h7-8,10,12,14,17-18H,6,9,11H2,1-5H3. The molecule has 0 aliphatic carbocycles. The molecule has 0 bridgehead atoms. The third kappa shape index (κ3) is 5.77. The Labute approximate surface area is 129 Å². The van der Waals surface area contributed by atoms with Gasteiger partial charge in [0.15, 0.2) is 0 Å². The molecule has 0 heterocycles. The highest BCUT2D eigenvalue weighted by Gasteiger charge is 2.18. The summed E-state index contributed by atoms with van der Waals surface area (Å²) in [6.07, 6.45) is 0.829. The molecule has 0 aromatic heterocycles. The summed E-state index contributed by atoms with van der Waals surface area (Å²) in [7, 11) is -3.45. The van der Waals surface area contributed by atoms with E-state index in [1.54, 1.807) is 12.1 Å². The van der Waals surface area contributed by atoms with Crippen molar-refractivity contribution in [3.63, 3.8) is 0 Å². The molecule has 0 radical (unpaired) electrons. The molecule has 0 spiro atoms. The highest BCUT2D eigenvalue weighted by molar-refractivity contribution is 7.89. The minimum atomic E-state index is -3.45. The highest BCUT2D eigenvalue weighted by atomic mass is 32.2. The number of benzene rings is 1. The van der Waals surface area contributed by atoms with Crippen LogP contribution in [0, 0.1) is 12.8 Å². The third-order valence-electron chi connectivity index (χ3n) is 3.38. The zero-order valence-electron chi connectivity index (χ0n) is 13.7. The lowest BCUT2D eigenvalue weighted by atomic mass is 10.1. The molecular formula is C16H28N2O2S. The zero-order valence-corrected chi connectivity index (χ0v) is 14.5. The number of nitrogens with one attached hydrogen (secondary N) is 2. The minimum Gasteiger partial charge on any atom is -0.313 e. The van der Waals surface area contributed by atoms with Crippen LogP contribution in [0.15, 0.2) is 23.1 Å². The lowest BCUT2D eigenvalue weighted by molar-refractivity contribution is 0.482. The molecule has 0 amide bonds. The maximum atomic E-state index is 12.4. The molecule has 4 nitrogen and oxygen atoms in total. The molecule has 1 atom stereocenters. The van der Waals surface area contributed by atoms with Gasteiger partial charge in [0, 0.05) is 12.6 Å². The molecule has 0 aliphatic heterocycles. The summed E-state index contributed by atoms with van der Waals surface area (Å²) in [5.41, 5.74) is 2.13. The van der Waals surface area contributed by atoms with Crippen molar-refractivity contribution in [2.75, 3.05) is 6.54 Å². The second-order valence-corrected chi connectivity index (χ2v) is 7.73. The molecule has 0 saturated carbocycles. The van der Waals surface area contributed by atoms with E-state index < -0.39 is 10.0 Å². The Bertz CT molecular complexity index is 553. The van der Waals surface area contributed by atoms with Gasteiger partial charge >= 0.3 is 0 Å². The fourth-order valence-corrected chi connectivity index (χ4v) is 3.66. The van der Waals surface area contributed by atoms with Gasteiger partial charge in [-0.1, -0.05) is 26.8 Å². The first kappa shape index (κ1) is 18.1. The Morgan fingerprint density at radius 1 is 1.19 bits per heavy atom. The number of hydrogen-bond donors (Lipinski definition) is 2. The van der Waals surface area contributed by atoms with E-state index in [4.69, 9.17) is 0 Å². The molecule has 1 aromatic rings. The Balaban J connectivity index is 2.92. The lowest BCUT2D eigenvalue weighted by Gasteiger charge is -2.17. The van der Waals surface area contributed by atoms with Crippen LogP contribution in [0.1, 0.15) is 45.2 Å². The van der Waals surface area contributed by atoms with Gasteiger partial charge in [0.1, 0.15) is 0 Å². The fraction of sp³-hybridized carbons (Fsp3) is 0.625. The largest absolute Gasteiger partial charge is 0.313 e. The molecule has 120 valence electrons. The second-order valence-electron chi connectivity index (χ2n) is 6.02. The van der Waals surface area contributed by atoms with E-state index in [1.165, 1.54) is 0 Å². The summed E-state index contributed by atoms with van der Waals surface area (Å²) in [6, 6.07) is 5.25. The highest BCUT2D eigenvalue weighted by Crippen LogP contribution is 2.17. The Kier molecular flexibility index (Phi) is 6.84. The van der Waals surface area contributed by atoms with Gasteiger partial charge in [-0.25, -0.2) is 13.1 Å². The van der Waals surface area contributed by atoms with Gasteiger partial charge in [0.2, 0.25) is 10.0 Å². The van der Waals surface area contributed by atoms with E-state index in [2.05, 4.69) is 23.9 Å². The van der Waals surface area contributed by atoms with Crippen LogP contribution in [0.25, 0.3) is 0 Å². The number of sulfonamides is 1. The predicted octanol–water partition coefficient (Wildman–Crippen LogP) is 2.82. The molecule has 0 fully saturated rings. The molecule has 0 aliphatic rings. The van der Waals surface area contributed by atoms with Crippen LogP contribution in [0.5, 0.6) is 0 Å². The van der Waals surface area contributed by atoms with Gasteiger partial charge in [-0.05, 0) is 56.0 Å². The monoisotopic (exact) mass is 312 g/mol. The van der Waals surface area contributed by atoms with Crippen molar-refractivity contribution in [3.8, 4) is 0 Å². The quantitative estimate of drug-likeness (QED) is 0.776. The lowest BCUT2D eigenvalue weighted by Crippen LogP contribution is -2.33. The van der Waals surface area contributed by atoms with Crippen molar-refractivity contribution in [3.05, 3.63) is 29.3 Å². The van der Waals surface area contributed by atoms with E-state index in [0.29, 0.717) is 17.4 Å². The molecule has 1 rings (SSSR count). The maximum absolute atomic E-state index is 12.4. The summed E-state index contributed by atoms with van der Waals surface area (Å²) in [5, 5.41) is 3.24. The Morgan fingerprint density at radius 3 is 2.43 bits per heavy atom. The third-order valence-corrected chi connectivity index (χ3v) is 4.96. The molecule has 21 heavy (non-hydrogen) atoms. The van der Waals surface area contributed by atoms with E-state index in [0.717, 1.165) is 24.1 Å². The van der Waals surface area contributed by atoms with Gasteiger partial charge in [-0.3, -0.25) is 0 Å². The van der Waals surface area contributed by atoms with Crippen molar-refractivity contribution < 1.29 is 8.42 Å². The van der Waals surface area contributed by atoms with Gasteiger partial charge in [-0.15, -0.1) is 0 Å². The molecular weight excluding hydrogens is 284 g/mol. The van der Waals surface area contributed by atoms with Crippen LogP contribution < -0.4 is 10.0 Å². The topological polar surface area (TPSA) is 58.2 Å². The predicted molar refractivity (Wildman–Crippen MR) is 87.8 cm³/mol. The Hall–Kier alpha value is -0.910. The van der Waals surface area contributed by atoms with E-state index in [-0.39, 0.29) is 6.04 Å². The summed E-state index contributed by atoms with van der Waals surface area (Å²) >= 11 is 0. The average molecular weight is 312 g/mol. The van der Waals surface area contributed by atoms with Crippen molar-refractivity contribution in [1.29, 1.82) is 0 Å². The first-order valence-electron chi connectivity index (χ1n) is 7.58. The Morgan fingerprint density at radius 2 is 1.86 bits per heavy atom. The van der Waals surface area contributed by atoms with E-state index >= 15 is 0 Å². The molecule has 1 unspecified atom stereocenters. The first-order valence-corrected chi connectivity index (χ1v) is 9.07. The van der Waals surface area contributed by atoms with Gasteiger partial charge in [0.05, 0.1) is 4.90 Å². The van der Waals surface area contributed by atoms with Crippen molar-refractivity contribution in [2.45, 2.75) is 58.5 Å². The summed E-state index contributed by atoms with van der Waals surface area (Å²) in [4.78, 5) is 0.344. The smallest absolute Gasteiger partial charge is 0.240 e. The fourth-order valence-electron chi connectivity index (χ4n) is 2.35. The first-order chi connectivity index (χ1) is 9.76.